The molecule has 3 rings (SSSR count). The molecule has 0 aromatic heterocycles. The monoisotopic (exact) mass is 499 g/mol. The van der Waals surface area contributed by atoms with Crippen LogP contribution in [0.1, 0.15) is 21.5 Å². The first-order chi connectivity index (χ1) is 16.4. The van der Waals surface area contributed by atoms with E-state index in [9.17, 15) is 4.79 Å². The largest absolute Gasteiger partial charge is 0.494 e. The standard InChI is InChI=1S/C26H23Cl2NO5/c1-31-23-10-7-17(13-21(23)29-15-18-6-8-19(27)14-20(18)28)22(30)9-5-16-11-24(32-2)26(34-4)25(12-16)33-3/h5-15H,1-4H3/b9-5+,29-15?. The highest BCUT2D eigenvalue weighted by Crippen LogP contribution is 2.38. The van der Waals surface area contributed by atoms with Gasteiger partial charge in [-0.15, -0.1) is 0 Å². The van der Waals surface area contributed by atoms with Gasteiger partial charge in [-0.05, 0) is 54.1 Å². The molecule has 0 heterocycles. The van der Waals surface area contributed by atoms with Gasteiger partial charge in [0.15, 0.2) is 17.3 Å². The fourth-order valence-electron chi connectivity index (χ4n) is 3.16. The molecule has 3 aromatic rings. The first-order valence-corrected chi connectivity index (χ1v) is 10.8. The molecular formula is C26H23Cl2NO5. The molecule has 0 aliphatic carbocycles. The highest BCUT2D eigenvalue weighted by molar-refractivity contribution is 6.36. The van der Waals surface area contributed by atoms with Crippen molar-refractivity contribution in [2.45, 2.75) is 0 Å². The minimum Gasteiger partial charge on any atom is -0.494 e. The number of methoxy groups -OCH3 is 4. The molecule has 3 aromatic carbocycles. The number of hydrogen-bond acceptors (Lipinski definition) is 6. The lowest BCUT2D eigenvalue weighted by Crippen LogP contribution is -1.97. The molecule has 34 heavy (non-hydrogen) atoms. The normalized spacial score (nSPS) is 11.1. The Morgan fingerprint density at radius 2 is 1.50 bits per heavy atom. The van der Waals surface area contributed by atoms with Crippen LogP contribution in [-0.4, -0.2) is 40.4 Å². The number of benzene rings is 3. The van der Waals surface area contributed by atoms with Crippen LogP contribution in [0.4, 0.5) is 5.69 Å². The van der Waals surface area contributed by atoms with Gasteiger partial charge in [0.1, 0.15) is 11.4 Å². The van der Waals surface area contributed by atoms with Crippen LogP contribution in [0.2, 0.25) is 10.0 Å². The van der Waals surface area contributed by atoms with E-state index in [4.69, 9.17) is 42.1 Å². The van der Waals surface area contributed by atoms with E-state index in [0.29, 0.717) is 55.4 Å². The van der Waals surface area contributed by atoms with E-state index in [1.807, 2.05) is 0 Å². The van der Waals surface area contributed by atoms with Crippen LogP contribution < -0.4 is 18.9 Å². The third kappa shape index (κ3) is 5.90. The summed E-state index contributed by atoms with van der Waals surface area (Å²) in [7, 11) is 6.14. The van der Waals surface area contributed by atoms with Crippen molar-refractivity contribution in [3.05, 3.63) is 81.3 Å². The van der Waals surface area contributed by atoms with Crippen LogP contribution >= 0.6 is 23.2 Å². The molecule has 0 atom stereocenters. The summed E-state index contributed by atoms with van der Waals surface area (Å²) in [5, 5.41) is 1.00. The number of ketones is 1. The maximum Gasteiger partial charge on any atom is 0.203 e. The van der Waals surface area contributed by atoms with Crippen molar-refractivity contribution in [3.63, 3.8) is 0 Å². The van der Waals surface area contributed by atoms with Crippen LogP contribution in [-0.2, 0) is 0 Å². The number of rotatable bonds is 9. The molecule has 0 aliphatic rings. The van der Waals surface area contributed by atoms with Crippen molar-refractivity contribution in [2.24, 2.45) is 4.99 Å². The number of nitrogens with zero attached hydrogens (tertiary/aromatic N) is 1. The van der Waals surface area contributed by atoms with Crippen molar-refractivity contribution >= 4 is 47.0 Å². The lowest BCUT2D eigenvalue weighted by molar-refractivity contribution is 0.104. The second-order valence-electron chi connectivity index (χ2n) is 6.97. The predicted octanol–water partition coefficient (Wildman–Crippen LogP) is 6.67. The third-order valence-electron chi connectivity index (χ3n) is 4.88. The number of allylic oxidation sites excluding steroid dienone is 1. The molecule has 0 fully saturated rings. The summed E-state index contributed by atoms with van der Waals surface area (Å²) in [4.78, 5) is 17.3. The molecule has 0 bridgehead atoms. The second-order valence-corrected chi connectivity index (χ2v) is 7.81. The smallest absolute Gasteiger partial charge is 0.203 e. The summed E-state index contributed by atoms with van der Waals surface area (Å²) in [6.07, 6.45) is 4.73. The molecule has 0 N–H and O–H groups in total. The summed E-state index contributed by atoms with van der Waals surface area (Å²) in [5.41, 5.74) is 2.33. The van der Waals surface area contributed by atoms with Crippen molar-refractivity contribution in [3.8, 4) is 23.0 Å². The molecule has 0 amide bonds. The van der Waals surface area contributed by atoms with Gasteiger partial charge in [0.25, 0.3) is 0 Å². The Labute approximate surface area is 208 Å². The highest BCUT2D eigenvalue weighted by atomic mass is 35.5. The van der Waals surface area contributed by atoms with Gasteiger partial charge in [0.05, 0.1) is 33.5 Å². The number of carbonyl (C=O) groups excluding carboxylic acids is 1. The van der Waals surface area contributed by atoms with E-state index >= 15 is 0 Å². The Hall–Kier alpha value is -3.48. The average molecular weight is 500 g/mol. The van der Waals surface area contributed by atoms with Gasteiger partial charge in [-0.3, -0.25) is 9.79 Å². The van der Waals surface area contributed by atoms with Gasteiger partial charge in [0.2, 0.25) is 5.75 Å². The van der Waals surface area contributed by atoms with E-state index in [1.54, 1.807) is 60.8 Å². The second kappa shape index (κ2) is 11.6. The molecule has 8 heteroatoms. The van der Waals surface area contributed by atoms with E-state index in [0.717, 1.165) is 0 Å². The molecule has 0 spiro atoms. The maximum absolute atomic E-state index is 12.9. The minimum absolute atomic E-state index is 0.211. The van der Waals surface area contributed by atoms with Gasteiger partial charge in [-0.25, -0.2) is 0 Å². The summed E-state index contributed by atoms with van der Waals surface area (Å²) in [5.74, 6) is 1.78. The first kappa shape index (κ1) is 25.1. The lowest BCUT2D eigenvalue weighted by Gasteiger charge is -2.12. The zero-order valence-electron chi connectivity index (χ0n) is 19.1. The van der Waals surface area contributed by atoms with Gasteiger partial charge in [-0.1, -0.05) is 35.3 Å². The molecule has 0 saturated heterocycles. The Kier molecular flexibility index (Phi) is 8.57. The van der Waals surface area contributed by atoms with Gasteiger partial charge < -0.3 is 18.9 Å². The van der Waals surface area contributed by atoms with E-state index in [1.165, 1.54) is 34.5 Å². The Bertz CT molecular complexity index is 1230. The van der Waals surface area contributed by atoms with E-state index in [2.05, 4.69) is 4.99 Å². The van der Waals surface area contributed by atoms with Gasteiger partial charge in [-0.2, -0.15) is 0 Å². The molecule has 0 radical (unpaired) electrons. The zero-order valence-corrected chi connectivity index (χ0v) is 20.6. The molecule has 0 saturated carbocycles. The Balaban J connectivity index is 1.88. The summed E-state index contributed by atoms with van der Waals surface area (Å²) >= 11 is 12.2. The third-order valence-corrected chi connectivity index (χ3v) is 5.45. The fraction of sp³-hybridized carbons (Fsp3) is 0.154. The first-order valence-electron chi connectivity index (χ1n) is 10.1. The number of aliphatic imine (C=N–C) groups is 1. The van der Waals surface area contributed by atoms with Crippen LogP contribution in [0, 0.1) is 0 Å². The van der Waals surface area contributed by atoms with Crippen molar-refractivity contribution in [1.82, 2.24) is 0 Å². The zero-order chi connectivity index (χ0) is 24.7. The van der Waals surface area contributed by atoms with Gasteiger partial charge >= 0.3 is 0 Å². The quantitative estimate of drug-likeness (QED) is 0.186. The molecule has 176 valence electrons. The Morgan fingerprint density at radius 3 is 2.09 bits per heavy atom. The number of ether oxygens (including phenoxy) is 4. The number of halogens is 2. The van der Waals surface area contributed by atoms with Gasteiger partial charge in [0, 0.05) is 22.4 Å². The predicted molar refractivity (Wildman–Crippen MR) is 136 cm³/mol. The van der Waals surface area contributed by atoms with Crippen LogP contribution in [0.15, 0.2) is 59.6 Å². The molecular weight excluding hydrogens is 477 g/mol. The molecule has 0 unspecified atom stereocenters. The summed E-state index contributed by atoms with van der Waals surface area (Å²) in [6, 6.07) is 13.6. The highest BCUT2D eigenvalue weighted by Gasteiger charge is 2.13. The summed E-state index contributed by atoms with van der Waals surface area (Å²) in [6.45, 7) is 0. The van der Waals surface area contributed by atoms with E-state index < -0.39 is 0 Å². The fourth-order valence-corrected chi connectivity index (χ4v) is 3.61. The van der Waals surface area contributed by atoms with Crippen LogP contribution in [0.3, 0.4) is 0 Å². The van der Waals surface area contributed by atoms with Crippen molar-refractivity contribution in [2.75, 3.05) is 28.4 Å². The Morgan fingerprint density at radius 1 is 0.824 bits per heavy atom. The topological polar surface area (TPSA) is 66.4 Å². The number of carbonyl (C=O) groups is 1. The van der Waals surface area contributed by atoms with Crippen molar-refractivity contribution < 1.29 is 23.7 Å². The van der Waals surface area contributed by atoms with Crippen LogP contribution in [0.25, 0.3) is 6.08 Å². The van der Waals surface area contributed by atoms with Crippen molar-refractivity contribution in [1.29, 1.82) is 0 Å². The maximum atomic E-state index is 12.9. The average Bonchev–Trinajstić information content (AvgIpc) is 2.85. The van der Waals surface area contributed by atoms with Crippen LogP contribution in [0.5, 0.6) is 23.0 Å². The minimum atomic E-state index is -0.211. The van der Waals surface area contributed by atoms with E-state index in [-0.39, 0.29) is 5.78 Å². The molecule has 6 nitrogen and oxygen atoms in total. The summed E-state index contributed by atoms with van der Waals surface area (Å²) < 4.78 is 21.4. The lowest BCUT2D eigenvalue weighted by atomic mass is 10.1. The SMILES string of the molecule is COc1ccc(C(=O)/C=C/c2cc(OC)c(OC)c(OC)c2)cc1N=Cc1ccc(Cl)cc1Cl. The number of hydrogen-bond donors (Lipinski definition) is 0. The molecule has 0 aliphatic heterocycles.